The van der Waals surface area contributed by atoms with Crippen molar-refractivity contribution >= 4 is 16.7 Å². The summed E-state index contributed by atoms with van der Waals surface area (Å²) in [4.78, 5) is 11.4. The largest absolute Gasteiger partial charge is 0.493 e. The van der Waals surface area contributed by atoms with Crippen molar-refractivity contribution in [3.8, 4) is 34.3 Å². The molecule has 1 N–H and O–H groups in total. The maximum atomic E-state index is 11.4. The Morgan fingerprint density at radius 3 is 2.16 bits per heavy atom. The molecule has 0 saturated heterocycles. The minimum absolute atomic E-state index is 0.0473. The number of benzene rings is 2. The average molecular weight is 424 g/mol. The number of aromatic nitrogens is 1. The van der Waals surface area contributed by atoms with Gasteiger partial charge in [-0.3, -0.25) is 4.79 Å². The van der Waals surface area contributed by atoms with E-state index in [0.717, 1.165) is 40.7 Å². The molecule has 4 rings (SSSR count). The topological polar surface area (TPSA) is 78.1 Å². The number of carboxylic acid groups (broad SMARTS) is 1. The van der Waals surface area contributed by atoms with Gasteiger partial charge in [0.2, 0.25) is 5.69 Å². The van der Waals surface area contributed by atoms with Crippen LogP contribution in [-0.2, 0) is 24.2 Å². The summed E-state index contributed by atoms with van der Waals surface area (Å²) in [6.07, 6.45) is 1.27. The molecule has 31 heavy (non-hydrogen) atoms. The van der Waals surface area contributed by atoms with Crippen molar-refractivity contribution in [2.24, 2.45) is 0 Å². The maximum Gasteiger partial charge on any atom is 0.303 e. The molecular weight excluding hydrogens is 398 g/mol. The van der Waals surface area contributed by atoms with Gasteiger partial charge in [0.25, 0.3) is 0 Å². The Hall–Kier alpha value is -3.48. The van der Waals surface area contributed by atoms with Crippen LogP contribution in [0.2, 0.25) is 0 Å². The van der Waals surface area contributed by atoms with E-state index < -0.39 is 5.97 Å². The molecule has 0 bridgehead atoms. The maximum absolute atomic E-state index is 11.4. The second-order valence-electron chi connectivity index (χ2n) is 7.43. The highest BCUT2D eigenvalue weighted by molar-refractivity contribution is 5.90. The van der Waals surface area contributed by atoms with E-state index in [9.17, 15) is 9.90 Å². The highest BCUT2D eigenvalue weighted by atomic mass is 16.5. The number of carbonyl (C=O) groups is 1. The number of methoxy groups -OCH3 is 4. The van der Waals surface area contributed by atoms with Crippen molar-refractivity contribution in [3.63, 3.8) is 0 Å². The number of carboxylic acids is 1. The molecule has 0 saturated carbocycles. The van der Waals surface area contributed by atoms with Gasteiger partial charge in [-0.25, -0.2) is 0 Å². The van der Waals surface area contributed by atoms with Crippen LogP contribution in [-0.4, -0.2) is 39.5 Å². The molecule has 1 aliphatic heterocycles. The summed E-state index contributed by atoms with van der Waals surface area (Å²) >= 11 is 0. The first-order chi connectivity index (χ1) is 15.0. The van der Waals surface area contributed by atoms with Gasteiger partial charge in [0.05, 0.1) is 45.8 Å². The van der Waals surface area contributed by atoms with E-state index in [1.165, 1.54) is 5.56 Å². The SMILES string of the molecule is COc1cc2c(cc1OC)-c1cc3cc(OC)c(OC)cc3c(CCC(=O)O)[n+]1CC2. The van der Waals surface area contributed by atoms with Crippen molar-refractivity contribution in [2.45, 2.75) is 25.8 Å². The summed E-state index contributed by atoms with van der Waals surface area (Å²) in [6, 6.07) is 10.0. The van der Waals surface area contributed by atoms with E-state index in [2.05, 4.69) is 10.6 Å². The first-order valence-electron chi connectivity index (χ1n) is 10.1. The Labute approximate surface area is 180 Å². The predicted octanol–water partition coefficient (Wildman–Crippen LogP) is 3.40. The Balaban J connectivity index is 2.01. The third kappa shape index (κ3) is 3.60. The van der Waals surface area contributed by atoms with Crippen molar-refractivity contribution in [1.29, 1.82) is 0 Å². The van der Waals surface area contributed by atoms with Crippen molar-refractivity contribution in [3.05, 3.63) is 41.6 Å². The van der Waals surface area contributed by atoms with E-state index in [1.54, 1.807) is 28.4 Å². The standard InChI is InChI=1S/C24H25NO6/c1-28-20-10-14-7-8-25-18(5-6-24(26)27)17-13-23(31-4)21(29-2)11-15(17)9-19(25)16(14)12-22(20)30-3/h9-13H,5-8H2,1-4H3/p+1. The summed E-state index contributed by atoms with van der Waals surface area (Å²) in [6.45, 7) is 0.747. The fraction of sp³-hybridized carbons (Fsp3) is 0.333. The Bertz CT molecular complexity index is 1170. The van der Waals surface area contributed by atoms with Crippen LogP contribution in [0, 0.1) is 0 Å². The molecule has 1 aromatic heterocycles. The van der Waals surface area contributed by atoms with E-state index in [0.29, 0.717) is 29.4 Å². The fourth-order valence-corrected chi connectivity index (χ4v) is 4.35. The normalized spacial score (nSPS) is 12.1. The number of nitrogens with zero attached hydrogens (tertiary/aromatic N) is 1. The monoisotopic (exact) mass is 424 g/mol. The average Bonchev–Trinajstić information content (AvgIpc) is 2.79. The predicted molar refractivity (Wildman–Crippen MR) is 115 cm³/mol. The molecule has 0 spiro atoms. The number of fused-ring (bicyclic) bond motifs is 4. The van der Waals surface area contributed by atoms with Gasteiger partial charge in [0, 0.05) is 18.9 Å². The lowest BCUT2D eigenvalue weighted by Gasteiger charge is -2.21. The first kappa shape index (κ1) is 20.8. The van der Waals surface area contributed by atoms with E-state index in [-0.39, 0.29) is 6.42 Å². The molecule has 2 heterocycles. The van der Waals surface area contributed by atoms with Gasteiger partial charge in [-0.05, 0) is 35.2 Å². The third-order valence-electron chi connectivity index (χ3n) is 5.84. The lowest BCUT2D eigenvalue weighted by molar-refractivity contribution is -0.693. The zero-order valence-electron chi connectivity index (χ0n) is 18.2. The molecular formula is C24H26NO6+. The number of hydrogen-bond acceptors (Lipinski definition) is 5. The number of hydrogen-bond donors (Lipinski definition) is 1. The number of ether oxygens (including phenoxy) is 4. The van der Waals surface area contributed by atoms with Crippen LogP contribution in [0.3, 0.4) is 0 Å². The number of aryl methyl sites for hydroxylation is 2. The molecule has 162 valence electrons. The fourth-order valence-electron chi connectivity index (χ4n) is 4.35. The van der Waals surface area contributed by atoms with Crippen LogP contribution in [0.15, 0.2) is 30.3 Å². The van der Waals surface area contributed by atoms with Gasteiger partial charge in [-0.2, -0.15) is 4.57 Å². The lowest BCUT2D eigenvalue weighted by atomic mass is 9.93. The number of pyridine rings is 1. The van der Waals surface area contributed by atoms with Gasteiger partial charge < -0.3 is 24.1 Å². The summed E-state index contributed by atoms with van der Waals surface area (Å²) in [5, 5.41) is 11.3. The summed E-state index contributed by atoms with van der Waals surface area (Å²) in [5.74, 6) is 1.79. The minimum Gasteiger partial charge on any atom is -0.493 e. The van der Waals surface area contributed by atoms with Gasteiger partial charge in [0.1, 0.15) is 0 Å². The Kier molecular flexibility index (Phi) is 5.59. The molecule has 3 aromatic rings. The highest BCUT2D eigenvalue weighted by Crippen LogP contribution is 2.40. The molecule has 7 nitrogen and oxygen atoms in total. The zero-order chi connectivity index (χ0) is 22.1. The molecule has 2 aromatic carbocycles. The Morgan fingerprint density at radius 2 is 1.52 bits per heavy atom. The van der Waals surface area contributed by atoms with Crippen LogP contribution in [0.25, 0.3) is 22.0 Å². The molecule has 0 atom stereocenters. The van der Waals surface area contributed by atoms with Gasteiger partial charge in [0.15, 0.2) is 35.2 Å². The highest BCUT2D eigenvalue weighted by Gasteiger charge is 2.30. The second kappa shape index (κ2) is 8.34. The molecule has 0 aliphatic carbocycles. The molecule has 1 aliphatic rings. The van der Waals surface area contributed by atoms with Crippen molar-refractivity contribution in [2.75, 3.05) is 28.4 Å². The lowest BCUT2D eigenvalue weighted by Crippen LogP contribution is -2.44. The molecule has 0 amide bonds. The summed E-state index contributed by atoms with van der Waals surface area (Å²) in [7, 11) is 6.46. The molecule has 0 radical (unpaired) electrons. The Morgan fingerprint density at radius 1 is 0.903 bits per heavy atom. The van der Waals surface area contributed by atoms with Crippen LogP contribution in [0.5, 0.6) is 23.0 Å². The molecule has 0 fully saturated rings. The quantitative estimate of drug-likeness (QED) is 0.586. The zero-order valence-corrected chi connectivity index (χ0v) is 18.2. The van der Waals surface area contributed by atoms with Crippen molar-refractivity contribution in [1.82, 2.24) is 0 Å². The first-order valence-corrected chi connectivity index (χ1v) is 10.1. The van der Waals surface area contributed by atoms with E-state index >= 15 is 0 Å². The number of rotatable bonds is 7. The third-order valence-corrected chi connectivity index (χ3v) is 5.84. The van der Waals surface area contributed by atoms with Crippen molar-refractivity contribution < 1.29 is 33.4 Å². The summed E-state index contributed by atoms with van der Waals surface area (Å²) < 4.78 is 24.2. The summed E-state index contributed by atoms with van der Waals surface area (Å²) in [5.41, 5.74) is 4.21. The number of aliphatic carboxylic acids is 1. The van der Waals surface area contributed by atoms with E-state index in [4.69, 9.17) is 18.9 Å². The molecule has 7 heteroatoms. The van der Waals surface area contributed by atoms with Crippen LogP contribution in [0.4, 0.5) is 0 Å². The second-order valence-corrected chi connectivity index (χ2v) is 7.43. The smallest absolute Gasteiger partial charge is 0.303 e. The van der Waals surface area contributed by atoms with E-state index in [1.807, 2.05) is 24.3 Å². The minimum atomic E-state index is -0.825. The van der Waals surface area contributed by atoms with Crippen LogP contribution >= 0.6 is 0 Å². The van der Waals surface area contributed by atoms with Gasteiger partial charge in [-0.15, -0.1) is 0 Å². The van der Waals surface area contributed by atoms with Crippen LogP contribution in [0.1, 0.15) is 17.7 Å². The molecule has 0 unspecified atom stereocenters. The van der Waals surface area contributed by atoms with Crippen LogP contribution < -0.4 is 23.5 Å². The van der Waals surface area contributed by atoms with Gasteiger partial charge >= 0.3 is 5.97 Å². The van der Waals surface area contributed by atoms with Gasteiger partial charge in [-0.1, -0.05) is 0 Å².